The van der Waals surface area contributed by atoms with Gasteiger partial charge in [-0.15, -0.1) is 0 Å². The SMILES string of the molecule is COc1cccc(C(C)(F)F)c1-c1cnoc1N. The number of nitrogens with zero attached hydrogens (tertiary/aromatic N) is 1. The maximum absolute atomic E-state index is 13.6. The molecular weight excluding hydrogens is 242 g/mol. The van der Waals surface area contributed by atoms with Gasteiger partial charge in [0.2, 0.25) is 5.88 Å². The van der Waals surface area contributed by atoms with E-state index in [1.165, 1.54) is 25.4 Å². The van der Waals surface area contributed by atoms with E-state index in [1.54, 1.807) is 6.07 Å². The predicted molar refractivity (Wildman–Crippen MR) is 62.5 cm³/mol. The zero-order chi connectivity index (χ0) is 13.3. The number of alkyl halides is 2. The van der Waals surface area contributed by atoms with Crippen LogP contribution in [0.1, 0.15) is 12.5 Å². The van der Waals surface area contributed by atoms with E-state index in [1.807, 2.05) is 0 Å². The van der Waals surface area contributed by atoms with Gasteiger partial charge in [-0.05, 0) is 6.07 Å². The Hall–Kier alpha value is -2.11. The lowest BCUT2D eigenvalue weighted by Crippen LogP contribution is -2.10. The summed E-state index contributed by atoms with van der Waals surface area (Å²) >= 11 is 0. The van der Waals surface area contributed by atoms with E-state index in [4.69, 9.17) is 15.0 Å². The Balaban J connectivity index is 2.74. The molecule has 0 saturated heterocycles. The molecule has 0 aliphatic heterocycles. The quantitative estimate of drug-likeness (QED) is 0.914. The number of methoxy groups -OCH3 is 1. The molecule has 96 valence electrons. The summed E-state index contributed by atoms with van der Waals surface area (Å²) in [6.45, 7) is 0.814. The fourth-order valence-electron chi connectivity index (χ4n) is 1.78. The van der Waals surface area contributed by atoms with Crippen LogP contribution in [0.15, 0.2) is 28.9 Å². The standard InChI is InChI=1S/C12H12F2N2O2/c1-12(13,14)8-4-3-5-9(17-2)10(8)7-6-16-18-11(7)15/h3-6H,15H2,1-2H3. The second-order valence-corrected chi connectivity index (χ2v) is 3.87. The average molecular weight is 254 g/mol. The summed E-state index contributed by atoms with van der Waals surface area (Å²) in [7, 11) is 1.40. The lowest BCUT2D eigenvalue weighted by molar-refractivity contribution is 0.0179. The molecule has 0 saturated carbocycles. The minimum absolute atomic E-state index is 0.0231. The number of ether oxygens (including phenoxy) is 1. The van der Waals surface area contributed by atoms with Crippen molar-refractivity contribution in [2.45, 2.75) is 12.8 Å². The van der Waals surface area contributed by atoms with Crippen LogP contribution in [0.25, 0.3) is 11.1 Å². The van der Waals surface area contributed by atoms with Crippen LogP contribution in [-0.4, -0.2) is 12.3 Å². The predicted octanol–water partition coefficient (Wildman–Crippen LogP) is 3.04. The first-order valence-electron chi connectivity index (χ1n) is 5.21. The molecule has 1 aromatic carbocycles. The maximum Gasteiger partial charge on any atom is 0.271 e. The van der Waals surface area contributed by atoms with Crippen LogP contribution in [0.3, 0.4) is 0 Å². The van der Waals surface area contributed by atoms with Crippen molar-refractivity contribution in [1.29, 1.82) is 0 Å². The van der Waals surface area contributed by atoms with Gasteiger partial charge in [0.1, 0.15) is 5.75 Å². The van der Waals surface area contributed by atoms with Crippen molar-refractivity contribution in [3.8, 4) is 16.9 Å². The van der Waals surface area contributed by atoms with Crippen molar-refractivity contribution in [2.75, 3.05) is 12.8 Å². The van der Waals surface area contributed by atoms with Crippen LogP contribution >= 0.6 is 0 Å². The minimum Gasteiger partial charge on any atom is -0.496 e. The molecule has 0 spiro atoms. The van der Waals surface area contributed by atoms with Crippen LogP contribution in [0.4, 0.5) is 14.7 Å². The fraction of sp³-hybridized carbons (Fsp3) is 0.250. The summed E-state index contributed by atoms with van der Waals surface area (Å²) in [5.41, 5.74) is 5.89. The monoisotopic (exact) mass is 254 g/mol. The third-order valence-corrected chi connectivity index (χ3v) is 2.59. The number of nitrogens with two attached hydrogens (primary N) is 1. The van der Waals surface area contributed by atoms with E-state index < -0.39 is 5.92 Å². The van der Waals surface area contributed by atoms with Gasteiger partial charge in [0.25, 0.3) is 5.92 Å². The Bertz CT molecular complexity index is 561. The molecule has 0 atom stereocenters. The van der Waals surface area contributed by atoms with Crippen molar-refractivity contribution in [3.63, 3.8) is 0 Å². The van der Waals surface area contributed by atoms with E-state index in [0.717, 1.165) is 6.92 Å². The summed E-state index contributed by atoms with van der Waals surface area (Å²) in [5, 5.41) is 3.50. The molecule has 6 heteroatoms. The van der Waals surface area contributed by atoms with Crippen molar-refractivity contribution < 1.29 is 18.0 Å². The van der Waals surface area contributed by atoms with Crippen LogP contribution in [0.5, 0.6) is 5.75 Å². The number of rotatable bonds is 3. The summed E-state index contributed by atoms with van der Waals surface area (Å²) in [5.74, 6) is -2.75. The van der Waals surface area contributed by atoms with Crippen LogP contribution < -0.4 is 10.5 Å². The van der Waals surface area contributed by atoms with E-state index in [2.05, 4.69) is 5.16 Å². The molecule has 4 nitrogen and oxygen atoms in total. The number of halogens is 2. The highest BCUT2D eigenvalue weighted by atomic mass is 19.3. The Morgan fingerprint density at radius 3 is 2.61 bits per heavy atom. The lowest BCUT2D eigenvalue weighted by atomic mass is 9.97. The second kappa shape index (κ2) is 4.29. The highest BCUT2D eigenvalue weighted by Gasteiger charge is 2.31. The van der Waals surface area contributed by atoms with Gasteiger partial charge in [-0.1, -0.05) is 17.3 Å². The highest BCUT2D eigenvalue weighted by molar-refractivity contribution is 5.80. The van der Waals surface area contributed by atoms with Crippen LogP contribution in [-0.2, 0) is 5.92 Å². The molecule has 18 heavy (non-hydrogen) atoms. The molecule has 1 heterocycles. The zero-order valence-electron chi connectivity index (χ0n) is 9.91. The second-order valence-electron chi connectivity index (χ2n) is 3.87. The molecule has 0 amide bonds. The molecule has 0 fully saturated rings. The van der Waals surface area contributed by atoms with Gasteiger partial charge in [-0.2, -0.15) is 0 Å². The highest BCUT2D eigenvalue weighted by Crippen LogP contribution is 2.42. The molecule has 0 radical (unpaired) electrons. The molecule has 0 unspecified atom stereocenters. The van der Waals surface area contributed by atoms with Gasteiger partial charge in [0.05, 0.1) is 18.9 Å². The van der Waals surface area contributed by atoms with Crippen LogP contribution in [0, 0.1) is 0 Å². The summed E-state index contributed by atoms with van der Waals surface area (Å²) in [6, 6.07) is 4.40. The first-order chi connectivity index (χ1) is 8.45. The van der Waals surface area contributed by atoms with Gasteiger partial charge in [0, 0.05) is 18.1 Å². The molecule has 0 aliphatic rings. The summed E-state index contributed by atoms with van der Waals surface area (Å²) in [4.78, 5) is 0. The number of aromatic nitrogens is 1. The van der Waals surface area contributed by atoms with Gasteiger partial charge in [-0.25, -0.2) is 8.78 Å². The Kier molecular flexibility index (Phi) is 2.94. The third-order valence-electron chi connectivity index (χ3n) is 2.59. The van der Waals surface area contributed by atoms with Gasteiger partial charge in [-0.3, -0.25) is 0 Å². The maximum atomic E-state index is 13.6. The van der Waals surface area contributed by atoms with Crippen molar-refractivity contribution >= 4 is 5.88 Å². The first kappa shape index (κ1) is 12.3. The third kappa shape index (κ3) is 2.01. The minimum atomic E-state index is -3.02. The van der Waals surface area contributed by atoms with E-state index in [9.17, 15) is 8.78 Å². The molecule has 1 aromatic heterocycles. The molecule has 2 rings (SSSR count). The smallest absolute Gasteiger partial charge is 0.271 e. The molecule has 0 aliphatic carbocycles. The topological polar surface area (TPSA) is 61.3 Å². The number of hydrogen-bond donors (Lipinski definition) is 1. The van der Waals surface area contributed by atoms with Crippen LogP contribution in [0.2, 0.25) is 0 Å². The lowest BCUT2D eigenvalue weighted by Gasteiger charge is -2.17. The number of anilines is 1. The average Bonchev–Trinajstić information content (AvgIpc) is 2.73. The number of benzene rings is 1. The largest absolute Gasteiger partial charge is 0.496 e. The van der Waals surface area contributed by atoms with E-state index in [-0.39, 0.29) is 17.0 Å². The van der Waals surface area contributed by atoms with Crippen molar-refractivity contribution in [3.05, 3.63) is 30.0 Å². The van der Waals surface area contributed by atoms with Gasteiger partial charge >= 0.3 is 0 Å². The van der Waals surface area contributed by atoms with Gasteiger partial charge in [0.15, 0.2) is 0 Å². The summed E-state index contributed by atoms with van der Waals surface area (Å²) in [6.07, 6.45) is 1.29. The van der Waals surface area contributed by atoms with E-state index in [0.29, 0.717) is 11.3 Å². The molecular formula is C12H12F2N2O2. The zero-order valence-corrected chi connectivity index (χ0v) is 9.91. The van der Waals surface area contributed by atoms with Gasteiger partial charge < -0.3 is 15.0 Å². The first-order valence-corrected chi connectivity index (χ1v) is 5.21. The van der Waals surface area contributed by atoms with E-state index >= 15 is 0 Å². The Labute approximate surface area is 102 Å². The van der Waals surface area contributed by atoms with Crippen molar-refractivity contribution in [1.82, 2.24) is 5.16 Å². The Morgan fingerprint density at radius 1 is 1.39 bits per heavy atom. The Morgan fingerprint density at radius 2 is 2.11 bits per heavy atom. The molecule has 0 bridgehead atoms. The van der Waals surface area contributed by atoms with Crippen molar-refractivity contribution in [2.24, 2.45) is 0 Å². The molecule has 2 aromatic rings. The summed E-state index contributed by atoms with van der Waals surface area (Å²) < 4.78 is 37.0. The number of nitrogen functional groups attached to an aromatic ring is 1. The fourth-order valence-corrected chi connectivity index (χ4v) is 1.78. The molecule has 2 N–H and O–H groups in total. The number of hydrogen-bond acceptors (Lipinski definition) is 4. The normalized spacial score (nSPS) is 11.6.